The second-order valence-corrected chi connectivity index (χ2v) is 5.29. The van der Waals surface area contributed by atoms with Crippen LogP contribution in [0.25, 0.3) is 0 Å². The third-order valence-electron chi connectivity index (χ3n) is 3.52. The van der Waals surface area contributed by atoms with Gasteiger partial charge in [0.2, 0.25) is 0 Å². The Morgan fingerprint density at radius 3 is 2.87 bits per heavy atom. The van der Waals surface area contributed by atoms with Gasteiger partial charge in [-0.25, -0.2) is 4.98 Å². The number of aliphatic imine (C=N–C) groups is 1. The molecule has 2 heterocycles. The minimum absolute atomic E-state index is 0. The number of hydrogen-bond donors (Lipinski definition) is 2. The average molecular weight is 437 g/mol. The first-order valence-electron chi connectivity index (χ1n) is 7.98. The molecule has 132 valence electrons. The second-order valence-electron chi connectivity index (χ2n) is 5.29. The van der Waals surface area contributed by atoms with Gasteiger partial charge in [0.1, 0.15) is 0 Å². The van der Waals surface area contributed by atoms with E-state index in [2.05, 4.69) is 25.2 Å². The van der Waals surface area contributed by atoms with E-state index in [1.54, 1.807) is 13.2 Å². The van der Waals surface area contributed by atoms with Crippen LogP contribution in [0.2, 0.25) is 0 Å². The molecule has 1 saturated heterocycles. The molecule has 1 fully saturated rings. The lowest BCUT2D eigenvalue weighted by Gasteiger charge is -2.13. The van der Waals surface area contributed by atoms with Gasteiger partial charge in [-0.15, -0.1) is 24.0 Å². The lowest BCUT2D eigenvalue weighted by atomic mass is 10.3. The highest BCUT2D eigenvalue weighted by Crippen LogP contribution is 2.07. The van der Waals surface area contributed by atoms with Crippen molar-refractivity contribution >= 4 is 29.9 Å². The van der Waals surface area contributed by atoms with Crippen molar-refractivity contribution in [3.05, 3.63) is 18.7 Å². The standard InChI is InChI=1S/C15H27N5O2.HI/c1-16-15(18-5-2-8-20-9-7-17-13-20)19-6-3-10-22-14-4-11-21-12-14;/h7,9,13-14H,2-6,8,10-12H2,1H3,(H2,16,18,19);1H. The van der Waals surface area contributed by atoms with E-state index < -0.39 is 0 Å². The molecule has 1 unspecified atom stereocenters. The number of aromatic nitrogens is 2. The van der Waals surface area contributed by atoms with Crippen molar-refractivity contribution in [3.63, 3.8) is 0 Å². The average Bonchev–Trinajstić information content (AvgIpc) is 3.22. The number of imidazole rings is 1. The molecule has 1 aliphatic heterocycles. The minimum atomic E-state index is 0. The highest BCUT2D eigenvalue weighted by atomic mass is 127. The van der Waals surface area contributed by atoms with Crippen LogP contribution in [0.3, 0.4) is 0 Å². The molecule has 8 heteroatoms. The quantitative estimate of drug-likeness (QED) is 0.263. The largest absolute Gasteiger partial charge is 0.379 e. The number of halogens is 1. The van der Waals surface area contributed by atoms with Gasteiger partial charge in [-0.3, -0.25) is 4.99 Å². The van der Waals surface area contributed by atoms with Crippen molar-refractivity contribution in [2.24, 2.45) is 4.99 Å². The van der Waals surface area contributed by atoms with Crippen LogP contribution < -0.4 is 10.6 Å². The molecule has 0 radical (unpaired) electrons. The van der Waals surface area contributed by atoms with E-state index in [1.165, 1.54) is 0 Å². The molecule has 1 aromatic rings. The first kappa shape index (κ1) is 20.2. The monoisotopic (exact) mass is 437 g/mol. The molecule has 0 amide bonds. The summed E-state index contributed by atoms with van der Waals surface area (Å²) in [7, 11) is 1.79. The minimum Gasteiger partial charge on any atom is -0.379 e. The van der Waals surface area contributed by atoms with Gasteiger partial charge >= 0.3 is 0 Å². The number of nitrogens with one attached hydrogen (secondary N) is 2. The molecule has 1 aromatic heterocycles. The Labute approximate surface area is 155 Å². The Morgan fingerprint density at radius 1 is 1.39 bits per heavy atom. The predicted octanol–water partition coefficient (Wildman–Crippen LogP) is 1.25. The van der Waals surface area contributed by atoms with Crippen LogP contribution in [0.4, 0.5) is 0 Å². The molecule has 0 bridgehead atoms. The first-order chi connectivity index (χ1) is 10.9. The van der Waals surface area contributed by atoms with Gasteiger partial charge in [0, 0.05) is 52.3 Å². The molecule has 0 spiro atoms. The van der Waals surface area contributed by atoms with E-state index in [9.17, 15) is 0 Å². The number of hydrogen-bond acceptors (Lipinski definition) is 4. The zero-order chi connectivity index (χ0) is 15.5. The number of rotatable bonds is 9. The number of ether oxygens (including phenoxy) is 2. The Bertz CT molecular complexity index is 422. The lowest BCUT2D eigenvalue weighted by Crippen LogP contribution is -2.38. The summed E-state index contributed by atoms with van der Waals surface area (Å²) in [5.74, 6) is 0.842. The highest BCUT2D eigenvalue weighted by Gasteiger charge is 2.15. The smallest absolute Gasteiger partial charge is 0.190 e. The van der Waals surface area contributed by atoms with Crippen LogP contribution in [0.1, 0.15) is 19.3 Å². The maximum atomic E-state index is 5.72. The first-order valence-corrected chi connectivity index (χ1v) is 7.98. The van der Waals surface area contributed by atoms with Crippen molar-refractivity contribution in [2.75, 3.05) is 40.0 Å². The zero-order valence-corrected chi connectivity index (χ0v) is 16.1. The van der Waals surface area contributed by atoms with Crippen molar-refractivity contribution in [2.45, 2.75) is 31.9 Å². The van der Waals surface area contributed by atoms with Crippen molar-refractivity contribution < 1.29 is 9.47 Å². The van der Waals surface area contributed by atoms with Crippen LogP contribution in [-0.2, 0) is 16.0 Å². The summed E-state index contributed by atoms with van der Waals surface area (Å²) < 4.78 is 13.1. The molecule has 23 heavy (non-hydrogen) atoms. The molecule has 1 aliphatic rings. The van der Waals surface area contributed by atoms with Gasteiger partial charge in [0.25, 0.3) is 0 Å². The molecule has 0 saturated carbocycles. The lowest BCUT2D eigenvalue weighted by molar-refractivity contribution is 0.0420. The van der Waals surface area contributed by atoms with E-state index in [4.69, 9.17) is 9.47 Å². The van der Waals surface area contributed by atoms with E-state index in [1.807, 2.05) is 12.5 Å². The van der Waals surface area contributed by atoms with Crippen LogP contribution in [0, 0.1) is 0 Å². The topological polar surface area (TPSA) is 72.7 Å². The molecule has 0 aromatic carbocycles. The maximum Gasteiger partial charge on any atom is 0.190 e. The Morgan fingerprint density at radius 2 is 2.22 bits per heavy atom. The van der Waals surface area contributed by atoms with E-state index in [0.29, 0.717) is 6.10 Å². The van der Waals surface area contributed by atoms with Crippen LogP contribution in [0.5, 0.6) is 0 Å². The fraction of sp³-hybridized carbons (Fsp3) is 0.733. The summed E-state index contributed by atoms with van der Waals surface area (Å²) >= 11 is 0. The normalized spacial score (nSPS) is 17.8. The van der Waals surface area contributed by atoms with Gasteiger partial charge < -0.3 is 24.7 Å². The summed E-state index contributed by atoms with van der Waals surface area (Å²) in [4.78, 5) is 8.24. The third kappa shape index (κ3) is 8.52. The zero-order valence-electron chi connectivity index (χ0n) is 13.7. The Kier molecular flexibility index (Phi) is 11.0. The van der Waals surface area contributed by atoms with Gasteiger partial charge in [-0.1, -0.05) is 0 Å². The van der Waals surface area contributed by atoms with E-state index in [-0.39, 0.29) is 24.0 Å². The van der Waals surface area contributed by atoms with Crippen molar-refractivity contribution in [1.82, 2.24) is 20.2 Å². The molecular formula is C15H28IN5O2. The molecular weight excluding hydrogens is 409 g/mol. The number of aryl methyl sites for hydroxylation is 1. The second kappa shape index (κ2) is 12.5. The van der Waals surface area contributed by atoms with Crippen LogP contribution in [-0.4, -0.2) is 61.6 Å². The number of nitrogens with zero attached hydrogens (tertiary/aromatic N) is 3. The summed E-state index contributed by atoms with van der Waals surface area (Å²) in [6.07, 6.45) is 8.92. The van der Waals surface area contributed by atoms with E-state index in [0.717, 1.165) is 64.7 Å². The summed E-state index contributed by atoms with van der Waals surface area (Å²) in [6.45, 7) is 5.04. The van der Waals surface area contributed by atoms with Crippen LogP contribution >= 0.6 is 24.0 Å². The highest BCUT2D eigenvalue weighted by molar-refractivity contribution is 14.0. The summed E-state index contributed by atoms with van der Waals surface area (Å²) in [6, 6.07) is 0. The SMILES string of the molecule is CN=C(NCCCOC1CCOC1)NCCCn1ccnc1.I. The maximum absolute atomic E-state index is 5.72. The predicted molar refractivity (Wildman–Crippen MR) is 101 cm³/mol. The molecule has 0 aliphatic carbocycles. The summed E-state index contributed by atoms with van der Waals surface area (Å²) in [5.41, 5.74) is 0. The molecule has 1 atom stereocenters. The van der Waals surface area contributed by atoms with Gasteiger partial charge in [0.15, 0.2) is 5.96 Å². The molecule has 2 N–H and O–H groups in total. The van der Waals surface area contributed by atoms with Gasteiger partial charge in [-0.05, 0) is 19.3 Å². The fourth-order valence-corrected chi connectivity index (χ4v) is 2.28. The third-order valence-corrected chi connectivity index (χ3v) is 3.52. The molecule has 2 rings (SSSR count). The fourth-order valence-electron chi connectivity index (χ4n) is 2.28. The van der Waals surface area contributed by atoms with Crippen molar-refractivity contribution in [3.8, 4) is 0 Å². The van der Waals surface area contributed by atoms with Crippen LogP contribution in [0.15, 0.2) is 23.7 Å². The van der Waals surface area contributed by atoms with E-state index >= 15 is 0 Å². The Hall–Kier alpha value is -0.870. The van der Waals surface area contributed by atoms with Gasteiger partial charge in [0.05, 0.1) is 19.0 Å². The Balaban J connectivity index is 0.00000264. The van der Waals surface area contributed by atoms with Crippen molar-refractivity contribution in [1.29, 1.82) is 0 Å². The molecule has 7 nitrogen and oxygen atoms in total. The number of guanidine groups is 1. The summed E-state index contributed by atoms with van der Waals surface area (Å²) in [5, 5.41) is 6.61. The van der Waals surface area contributed by atoms with Gasteiger partial charge in [-0.2, -0.15) is 0 Å².